The molecule has 0 bridgehead atoms. The highest BCUT2D eigenvalue weighted by Crippen LogP contribution is 2.23. The zero-order valence-corrected chi connectivity index (χ0v) is 15.2. The Bertz CT molecular complexity index is 653. The molecule has 0 spiro atoms. The maximum absolute atomic E-state index is 12.6. The third-order valence-electron chi connectivity index (χ3n) is 4.28. The second kappa shape index (κ2) is 9.07. The van der Waals surface area contributed by atoms with E-state index in [1.807, 2.05) is 12.1 Å². The van der Waals surface area contributed by atoms with Crippen LogP contribution in [0.1, 0.15) is 18.4 Å². The molecule has 1 aromatic carbocycles. The molecule has 2 rings (SSSR count). The van der Waals surface area contributed by atoms with E-state index in [4.69, 9.17) is 9.47 Å². The summed E-state index contributed by atoms with van der Waals surface area (Å²) >= 11 is 0. The van der Waals surface area contributed by atoms with Crippen LogP contribution in [0.3, 0.4) is 0 Å². The van der Waals surface area contributed by atoms with Crippen molar-refractivity contribution in [3.8, 4) is 11.5 Å². The minimum atomic E-state index is -0.830. The fourth-order valence-electron chi connectivity index (χ4n) is 2.86. The minimum absolute atomic E-state index is 0.152. The smallest absolute Gasteiger partial charge is 0.308 e. The van der Waals surface area contributed by atoms with Crippen molar-refractivity contribution in [3.63, 3.8) is 0 Å². The summed E-state index contributed by atoms with van der Waals surface area (Å²) in [6, 6.07) is 4.60. The van der Waals surface area contributed by atoms with Crippen LogP contribution in [0, 0.1) is 0 Å². The third-order valence-corrected chi connectivity index (χ3v) is 4.28. The zero-order chi connectivity index (χ0) is 19.1. The average Bonchev–Trinajstić information content (AvgIpc) is 2.67. The first-order valence-electron chi connectivity index (χ1n) is 8.34. The van der Waals surface area contributed by atoms with Crippen LogP contribution in [-0.2, 0) is 25.5 Å². The molecule has 2 amide bonds. The number of carbonyl (C=O) groups excluding carboxylic acids is 3. The molecule has 1 aromatic rings. The number of hydrogen-bond donors (Lipinski definition) is 1. The van der Waals surface area contributed by atoms with Crippen molar-refractivity contribution >= 4 is 17.8 Å². The number of nitrogens with zero attached hydrogens (tertiary/aromatic N) is 1. The van der Waals surface area contributed by atoms with E-state index in [1.54, 1.807) is 20.3 Å². The lowest BCUT2D eigenvalue weighted by Crippen LogP contribution is -2.57. The van der Waals surface area contributed by atoms with Gasteiger partial charge in [-0.2, -0.15) is 0 Å². The highest BCUT2D eigenvalue weighted by Gasteiger charge is 2.34. The number of nitrogens with one attached hydrogen (secondary N) is 1. The van der Waals surface area contributed by atoms with E-state index in [0.717, 1.165) is 5.56 Å². The van der Waals surface area contributed by atoms with Gasteiger partial charge in [0.15, 0.2) is 0 Å². The van der Waals surface area contributed by atoms with Crippen molar-refractivity contribution in [2.75, 3.05) is 34.4 Å². The molecule has 1 N–H and O–H groups in total. The number of benzene rings is 1. The summed E-state index contributed by atoms with van der Waals surface area (Å²) in [7, 11) is 4.38. The number of aryl methyl sites for hydroxylation is 1. The number of hydrogen-bond acceptors (Lipinski definition) is 6. The molecule has 142 valence electrons. The number of rotatable bonds is 7. The molecule has 0 saturated carbocycles. The second-order valence-electron chi connectivity index (χ2n) is 5.90. The monoisotopic (exact) mass is 364 g/mol. The predicted molar refractivity (Wildman–Crippen MR) is 93.0 cm³/mol. The van der Waals surface area contributed by atoms with Crippen LogP contribution in [0.4, 0.5) is 0 Å². The van der Waals surface area contributed by atoms with Crippen LogP contribution in [0.15, 0.2) is 18.2 Å². The van der Waals surface area contributed by atoms with Crippen molar-refractivity contribution in [2.24, 2.45) is 0 Å². The van der Waals surface area contributed by atoms with Crippen LogP contribution in [0.2, 0.25) is 0 Å². The summed E-state index contributed by atoms with van der Waals surface area (Å²) in [5.74, 6) is 0.247. The van der Waals surface area contributed by atoms with E-state index in [-0.39, 0.29) is 24.7 Å². The SMILES string of the molecule is COC(=O)CC1C(=O)NCCN1C(=O)CCc1cc(OC)cc(OC)c1. The van der Waals surface area contributed by atoms with E-state index in [2.05, 4.69) is 10.1 Å². The normalized spacial score (nSPS) is 16.7. The molecule has 8 nitrogen and oxygen atoms in total. The molecule has 8 heteroatoms. The lowest BCUT2D eigenvalue weighted by atomic mass is 10.1. The van der Waals surface area contributed by atoms with Crippen molar-refractivity contribution in [3.05, 3.63) is 23.8 Å². The van der Waals surface area contributed by atoms with Crippen LogP contribution in [0.5, 0.6) is 11.5 Å². The Labute approximate surface area is 152 Å². The Morgan fingerprint density at radius 1 is 1.15 bits per heavy atom. The van der Waals surface area contributed by atoms with E-state index >= 15 is 0 Å². The molecule has 1 aliphatic heterocycles. The number of esters is 1. The van der Waals surface area contributed by atoms with Gasteiger partial charge in [-0.05, 0) is 24.1 Å². The van der Waals surface area contributed by atoms with Crippen molar-refractivity contribution in [2.45, 2.75) is 25.3 Å². The molecule has 1 aliphatic rings. The minimum Gasteiger partial charge on any atom is -0.497 e. The summed E-state index contributed by atoms with van der Waals surface area (Å²) in [5, 5.41) is 2.68. The van der Waals surface area contributed by atoms with Crippen LogP contribution in [0.25, 0.3) is 0 Å². The first-order valence-corrected chi connectivity index (χ1v) is 8.34. The fraction of sp³-hybridized carbons (Fsp3) is 0.500. The van der Waals surface area contributed by atoms with Crippen LogP contribution < -0.4 is 14.8 Å². The molecule has 1 saturated heterocycles. The summed E-state index contributed by atoms with van der Waals surface area (Å²) < 4.78 is 15.1. The quantitative estimate of drug-likeness (QED) is 0.709. The molecular formula is C18H24N2O6. The Morgan fingerprint density at radius 2 is 1.81 bits per heavy atom. The Kier molecular flexibility index (Phi) is 6.82. The van der Waals surface area contributed by atoms with Gasteiger partial charge in [-0.15, -0.1) is 0 Å². The summed E-state index contributed by atoms with van der Waals surface area (Å²) in [5.41, 5.74) is 0.889. The van der Waals surface area contributed by atoms with E-state index < -0.39 is 12.0 Å². The van der Waals surface area contributed by atoms with E-state index in [1.165, 1.54) is 12.0 Å². The molecule has 26 heavy (non-hydrogen) atoms. The van der Waals surface area contributed by atoms with Gasteiger partial charge in [0.2, 0.25) is 11.8 Å². The van der Waals surface area contributed by atoms with Gasteiger partial charge in [-0.25, -0.2) is 0 Å². The van der Waals surface area contributed by atoms with Gasteiger partial charge in [0, 0.05) is 25.6 Å². The molecule has 1 fully saturated rings. The van der Waals surface area contributed by atoms with Crippen LogP contribution in [-0.4, -0.2) is 63.1 Å². The molecule has 0 aliphatic carbocycles. The Hall–Kier alpha value is -2.77. The first kappa shape index (κ1) is 19.6. The van der Waals surface area contributed by atoms with Gasteiger partial charge in [0.05, 0.1) is 27.8 Å². The highest BCUT2D eigenvalue weighted by molar-refractivity contribution is 5.92. The van der Waals surface area contributed by atoms with Crippen molar-refractivity contribution in [1.29, 1.82) is 0 Å². The van der Waals surface area contributed by atoms with E-state index in [9.17, 15) is 14.4 Å². The third kappa shape index (κ3) is 4.87. The molecular weight excluding hydrogens is 340 g/mol. The molecule has 1 heterocycles. The summed E-state index contributed by atoms with van der Waals surface area (Å²) in [4.78, 5) is 37.7. The lowest BCUT2D eigenvalue weighted by Gasteiger charge is -2.34. The maximum Gasteiger partial charge on any atom is 0.308 e. The molecule has 0 aromatic heterocycles. The van der Waals surface area contributed by atoms with E-state index in [0.29, 0.717) is 31.0 Å². The van der Waals surface area contributed by atoms with Crippen LogP contribution >= 0.6 is 0 Å². The number of carbonyl (C=O) groups is 3. The Morgan fingerprint density at radius 3 is 2.38 bits per heavy atom. The predicted octanol–water partition coefficient (Wildman–Crippen LogP) is 0.527. The summed E-state index contributed by atoms with van der Waals surface area (Å²) in [6.45, 7) is 0.739. The lowest BCUT2D eigenvalue weighted by molar-refractivity contribution is -0.150. The fourth-order valence-corrected chi connectivity index (χ4v) is 2.86. The number of piperazine rings is 1. The maximum atomic E-state index is 12.6. The average molecular weight is 364 g/mol. The largest absolute Gasteiger partial charge is 0.497 e. The van der Waals surface area contributed by atoms with Crippen molar-refractivity contribution in [1.82, 2.24) is 10.2 Å². The van der Waals surface area contributed by atoms with Gasteiger partial charge >= 0.3 is 5.97 Å². The highest BCUT2D eigenvalue weighted by atomic mass is 16.5. The zero-order valence-electron chi connectivity index (χ0n) is 15.2. The summed E-state index contributed by atoms with van der Waals surface area (Å²) in [6.07, 6.45) is 0.526. The van der Waals surface area contributed by atoms with Crippen molar-refractivity contribution < 1.29 is 28.6 Å². The van der Waals surface area contributed by atoms with Gasteiger partial charge in [0.1, 0.15) is 17.5 Å². The van der Waals surface area contributed by atoms with Gasteiger partial charge in [-0.3, -0.25) is 14.4 Å². The standard InChI is InChI=1S/C18H24N2O6/c1-24-13-8-12(9-14(10-13)25-2)4-5-16(21)20-7-6-19-18(23)15(20)11-17(22)26-3/h8-10,15H,4-7,11H2,1-3H3,(H,19,23). The van der Waals surface area contributed by atoms with Gasteiger partial charge < -0.3 is 24.4 Å². The molecule has 1 unspecified atom stereocenters. The number of ether oxygens (including phenoxy) is 3. The molecule has 1 atom stereocenters. The number of amides is 2. The van der Waals surface area contributed by atoms with Gasteiger partial charge in [-0.1, -0.05) is 0 Å². The van der Waals surface area contributed by atoms with Gasteiger partial charge in [0.25, 0.3) is 0 Å². The second-order valence-corrected chi connectivity index (χ2v) is 5.90. The topological polar surface area (TPSA) is 94.2 Å². The first-order chi connectivity index (χ1) is 12.5. The Balaban J connectivity index is 2.05. The number of methoxy groups -OCH3 is 3. The molecule has 0 radical (unpaired) electrons.